The fourth-order valence-electron chi connectivity index (χ4n) is 4.65. The third kappa shape index (κ3) is 7.20. The van der Waals surface area contributed by atoms with E-state index in [4.69, 9.17) is 4.74 Å². The van der Waals surface area contributed by atoms with Crippen molar-refractivity contribution in [2.45, 2.75) is 57.7 Å². The molecule has 1 saturated carbocycles. The van der Waals surface area contributed by atoms with E-state index in [9.17, 15) is 9.59 Å². The molecule has 0 saturated heterocycles. The zero-order chi connectivity index (χ0) is 25.3. The topological polar surface area (TPSA) is 58.6 Å². The summed E-state index contributed by atoms with van der Waals surface area (Å²) < 4.78 is 6.88. The number of hydrogen-bond acceptors (Lipinski definition) is 3. The van der Waals surface area contributed by atoms with Crippen molar-refractivity contribution in [3.8, 4) is 5.75 Å². The van der Waals surface area contributed by atoms with E-state index in [1.165, 1.54) is 0 Å². The second-order valence-corrected chi connectivity index (χ2v) is 10.3. The van der Waals surface area contributed by atoms with E-state index in [0.29, 0.717) is 18.7 Å². The first-order valence-corrected chi connectivity index (χ1v) is 13.4. The monoisotopic (exact) mass is 548 g/mol. The first-order valence-electron chi connectivity index (χ1n) is 12.6. The molecule has 2 amide bonds. The minimum Gasteiger partial charge on any atom is -0.484 e. The zero-order valence-electron chi connectivity index (χ0n) is 20.7. The van der Waals surface area contributed by atoms with Crippen molar-refractivity contribution in [1.82, 2.24) is 10.2 Å². The van der Waals surface area contributed by atoms with Crippen LogP contribution in [0.4, 0.5) is 0 Å². The number of nitrogens with zero attached hydrogens (tertiary/aromatic N) is 1. The maximum absolute atomic E-state index is 13.7. The minimum absolute atomic E-state index is 0.105. The van der Waals surface area contributed by atoms with E-state index < -0.39 is 6.04 Å². The molecule has 4 rings (SSSR count). The molecule has 1 atom stereocenters. The molecule has 1 aliphatic carbocycles. The number of rotatable bonds is 10. The van der Waals surface area contributed by atoms with Crippen molar-refractivity contribution >= 4 is 27.7 Å². The second kappa shape index (κ2) is 12.7. The highest BCUT2D eigenvalue weighted by molar-refractivity contribution is 9.10. The number of para-hydroxylation sites is 1. The summed E-state index contributed by atoms with van der Waals surface area (Å²) in [5.74, 6) is 0.347. The lowest BCUT2D eigenvalue weighted by molar-refractivity contribution is -0.143. The van der Waals surface area contributed by atoms with Gasteiger partial charge in [0.2, 0.25) is 5.91 Å². The Kier molecular flexibility index (Phi) is 9.17. The molecule has 0 heterocycles. The number of aryl methyl sites for hydroxylation is 1. The molecule has 0 radical (unpaired) electrons. The first-order chi connectivity index (χ1) is 17.5. The van der Waals surface area contributed by atoms with Crippen LogP contribution in [-0.2, 0) is 22.6 Å². The lowest BCUT2D eigenvalue weighted by Crippen LogP contribution is -2.53. The molecule has 5 nitrogen and oxygen atoms in total. The fourth-order valence-corrected chi connectivity index (χ4v) is 4.91. The quantitative estimate of drug-likeness (QED) is 0.346. The van der Waals surface area contributed by atoms with E-state index in [2.05, 4.69) is 21.2 Å². The van der Waals surface area contributed by atoms with Crippen LogP contribution in [0.15, 0.2) is 83.3 Å². The highest BCUT2D eigenvalue weighted by atomic mass is 79.9. The molecule has 1 fully saturated rings. The number of halogens is 1. The Hall–Kier alpha value is -3.12. The number of nitrogens with one attached hydrogen (secondary N) is 1. The van der Waals surface area contributed by atoms with Gasteiger partial charge < -0.3 is 15.0 Å². The van der Waals surface area contributed by atoms with Gasteiger partial charge >= 0.3 is 0 Å². The van der Waals surface area contributed by atoms with Gasteiger partial charge in [-0.25, -0.2) is 0 Å². The lowest BCUT2D eigenvalue weighted by Gasteiger charge is -2.32. The molecule has 36 heavy (non-hydrogen) atoms. The van der Waals surface area contributed by atoms with Gasteiger partial charge in [0, 0.05) is 23.5 Å². The number of benzene rings is 3. The summed E-state index contributed by atoms with van der Waals surface area (Å²) in [6, 6.07) is 24.9. The van der Waals surface area contributed by atoms with Crippen LogP contribution in [0.5, 0.6) is 5.75 Å². The van der Waals surface area contributed by atoms with Gasteiger partial charge in [0.15, 0.2) is 6.61 Å². The number of carbonyl (C=O) groups excluding carboxylic acids is 2. The summed E-state index contributed by atoms with van der Waals surface area (Å²) >= 11 is 3.48. The Bertz CT molecular complexity index is 1140. The Labute approximate surface area is 222 Å². The van der Waals surface area contributed by atoms with E-state index >= 15 is 0 Å². The lowest BCUT2D eigenvalue weighted by atomic mass is 10.0. The maximum Gasteiger partial charge on any atom is 0.261 e. The van der Waals surface area contributed by atoms with Crippen LogP contribution in [-0.4, -0.2) is 35.4 Å². The van der Waals surface area contributed by atoms with Gasteiger partial charge in [0.1, 0.15) is 11.8 Å². The molecule has 3 aromatic carbocycles. The Balaban J connectivity index is 1.61. The Morgan fingerprint density at radius 1 is 0.944 bits per heavy atom. The predicted octanol–water partition coefficient (Wildman–Crippen LogP) is 5.84. The summed E-state index contributed by atoms with van der Waals surface area (Å²) in [6.45, 7) is 2.13. The van der Waals surface area contributed by atoms with Gasteiger partial charge in [0.05, 0.1) is 0 Å². The number of hydrogen-bond donors (Lipinski definition) is 1. The van der Waals surface area contributed by atoms with Gasteiger partial charge in [-0.1, -0.05) is 89.4 Å². The van der Waals surface area contributed by atoms with Crippen LogP contribution in [0, 0.1) is 6.92 Å². The van der Waals surface area contributed by atoms with Crippen molar-refractivity contribution in [3.05, 3.63) is 100 Å². The summed E-state index contributed by atoms with van der Waals surface area (Å²) in [6.07, 6.45) is 4.66. The molecule has 6 heteroatoms. The molecule has 0 bridgehead atoms. The Morgan fingerprint density at radius 3 is 2.31 bits per heavy atom. The van der Waals surface area contributed by atoms with Crippen molar-refractivity contribution in [1.29, 1.82) is 0 Å². The van der Waals surface area contributed by atoms with Crippen molar-refractivity contribution in [2.24, 2.45) is 0 Å². The average Bonchev–Trinajstić information content (AvgIpc) is 3.40. The Morgan fingerprint density at radius 2 is 1.61 bits per heavy atom. The summed E-state index contributed by atoms with van der Waals surface area (Å²) in [5.41, 5.74) is 2.93. The normalized spacial score (nSPS) is 14.3. The van der Waals surface area contributed by atoms with Crippen LogP contribution >= 0.6 is 15.9 Å². The highest BCUT2D eigenvalue weighted by Gasteiger charge is 2.32. The smallest absolute Gasteiger partial charge is 0.261 e. The van der Waals surface area contributed by atoms with Gasteiger partial charge in [-0.05, 0) is 54.7 Å². The predicted molar refractivity (Wildman–Crippen MR) is 146 cm³/mol. The highest BCUT2D eigenvalue weighted by Crippen LogP contribution is 2.21. The third-order valence-corrected chi connectivity index (χ3v) is 7.21. The largest absolute Gasteiger partial charge is 0.484 e. The molecule has 3 aromatic rings. The van der Waals surface area contributed by atoms with Gasteiger partial charge in [-0.3, -0.25) is 9.59 Å². The van der Waals surface area contributed by atoms with Crippen LogP contribution in [0.3, 0.4) is 0 Å². The van der Waals surface area contributed by atoms with Gasteiger partial charge in [0.25, 0.3) is 5.91 Å². The summed E-state index contributed by atoms with van der Waals surface area (Å²) in [7, 11) is 0. The van der Waals surface area contributed by atoms with E-state index in [-0.39, 0.29) is 24.5 Å². The van der Waals surface area contributed by atoms with Crippen molar-refractivity contribution < 1.29 is 14.3 Å². The standard InChI is InChI=1S/C30H33BrN2O3/c1-22-9-5-8-14-28(22)36-21-29(34)33(20-24-15-17-25(31)18-16-24)27(19-23-10-3-2-4-11-23)30(35)32-26-12-6-7-13-26/h2-5,8-11,14-18,26-27H,6-7,12-13,19-21H2,1H3,(H,32,35)/t27-/m1/s1. The van der Waals surface area contributed by atoms with Crippen LogP contribution in [0.1, 0.15) is 42.4 Å². The third-order valence-electron chi connectivity index (χ3n) is 6.68. The molecule has 0 spiro atoms. The number of ether oxygens (including phenoxy) is 1. The van der Waals surface area contributed by atoms with E-state index in [1.54, 1.807) is 4.90 Å². The fraction of sp³-hybridized carbons (Fsp3) is 0.333. The molecule has 0 aliphatic heterocycles. The second-order valence-electron chi connectivity index (χ2n) is 9.40. The number of amides is 2. The molecule has 1 N–H and O–H groups in total. The molecule has 188 valence electrons. The number of carbonyl (C=O) groups is 2. The maximum atomic E-state index is 13.7. The van der Waals surface area contributed by atoms with Gasteiger partial charge in [-0.2, -0.15) is 0 Å². The average molecular weight is 550 g/mol. The van der Waals surface area contributed by atoms with Crippen LogP contribution in [0.2, 0.25) is 0 Å². The SMILES string of the molecule is Cc1ccccc1OCC(=O)N(Cc1ccc(Br)cc1)[C@H](Cc1ccccc1)C(=O)NC1CCCC1. The molecule has 1 aliphatic rings. The zero-order valence-corrected chi connectivity index (χ0v) is 22.2. The van der Waals surface area contributed by atoms with Crippen LogP contribution < -0.4 is 10.1 Å². The van der Waals surface area contributed by atoms with Crippen molar-refractivity contribution in [2.75, 3.05) is 6.61 Å². The van der Waals surface area contributed by atoms with Crippen LogP contribution in [0.25, 0.3) is 0 Å². The van der Waals surface area contributed by atoms with Gasteiger partial charge in [-0.15, -0.1) is 0 Å². The molecule has 0 aromatic heterocycles. The minimum atomic E-state index is -0.649. The molecular formula is C30H33BrN2O3. The first kappa shape index (κ1) is 26.0. The summed E-state index contributed by atoms with van der Waals surface area (Å²) in [5, 5.41) is 3.23. The van der Waals surface area contributed by atoms with Crippen molar-refractivity contribution in [3.63, 3.8) is 0 Å². The summed E-state index contributed by atoms with van der Waals surface area (Å²) in [4.78, 5) is 29.0. The molecule has 0 unspecified atom stereocenters. The van der Waals surface area contributed by atoms with E-state index in [0.717, 1.165) is 46.8 Å². The molecular weight excluding hydrogens is 516 g/mol. The van der Waals surface area contributed by atoms with E-state index in [1.807, 2.05) is 85.8 Å².